The summed E-state index contributed by atoms with van der Waals surface area (Å²) in [5.41, 5.74) is 2.29. The summed E-state index contributed by atoms with van der Waals surface area (Å²) in [5, 5.41) is 4.22. The zero-order valence-electron chi connectivity index (χ0n) is 14.4. The number of para-hydroxylation sites is 2. The van der Waals surface area contributed by atoms with Crippen LogP contribution in [0.2, 0.25) is 10.0 Å². The van der Waals surface area contributed by atoms with Crippen molar-refractivity contribution < 1.29 is 9.18 Å². The first-order valence-corrected chi connectivity index (χ1v) is 9.19. The minimum Gasteiger partial charge on any atom is -0.319 e. The maximum atomic E-state index is 14.0. The third kappa shape index (κ3) is 3.57. The van der Waals surface area contributed by atoms with Gasteiger partial charge in [0.15, 0.2) is 0 Å². The van der Waals surface area contributed by atoms with Crippen molar-refractivity contribution in [2.75, 3.05) is 5.32 Å². The van der Waals surface area contributed by atoms with Crippen LogP contribution in [0.25, 0.3) is 22.2 Å². The predicted octanol–water partition coefficient (Wildman–Crippen LogP) is 6.60. The number of amides is 1. The van der Waals surface area contributed by atoms with E-state index in [0.717, 1.165) is 0 Å². The molecular weight excluding hydrogens is 398 g/mol. The average Bonchev–Trinajstić information content (AvgIpc) is 2.69. The molecule has 28 heavy (non-hydrogen) atoms. The van der Waals surface area contributed by atoms with E-state index in [9.17, 15) is 9.18 Å². The van der Waals surface area contributed by atoms with Crippen molar-refractivity contribution in [3.05, 3.63) is 94.2 Å². The monoisotopic (exact) mass is 410 g/mol. The minimum absolute atomic E-state index is 0.111. The number of benzene rings is 3. The fourth-order valence-electron chi connectivity index (χ4n) is 2.95. The number of hydrogen-bond donors (Lipinski definition) is 1. The van der Waals surface area contributed by atoms with Crippen LogP contribution in [-0.4, -0.2) is 10.9 Å². The molecule has 0 unspecified atom stereocenters. The first-order chi connectivity index (χ1) is 13.5. The minimum atomic E-state index is -0.504. The highest BCUT2D eigenvalue weighted by Gasteiger charge is 2.16. The van der Waals surface area contributed by atoms with E-state index in [1.165, 1.54) is 12.1 Å². The number of nitrogens with zero attached hydrogens (tertiary/aromatic N) is 1. The first-order valence-electron chi connectivity index (χ1n) is 8.44. The van der Waals surface area contributed by atoms with Crippen LogP contribution >= 0.6 is 23.2 Å². The topological polar surface area (TPSA) is 42.0 Å². The second kappa shape index (κ2) is 7.58. The summed E-state index contributed by atoms with van der Waals surface area (Å²) >= 11 is 12.3. The van der Waals surface area contributed by atoms with Crippen LogP contribution in [0.1, 0.15) is 10.4 Å². The number of aromatic nitrogens is 1. The molecule has 6 heteroatoms. The van der Waals surface area contributed by atoms with E-state index in [-0.39, 0.29) is 5.69 Å². The van der Waals surface area contributed by atoms with Crippen molar-refractivity contribution in [1.29, 1.82) is 0 Å². The maximum Gasteiger partial charge on any atom is 0.256 e. The van der Waals surface area contributed by atoms with Gasteiger partial charge in [0.05, 0.1) is 27.5 Å². The standard InChI is InChI=1S/C22H13Cl2FN2O/c23-13-9-10-15(17(24)11-13)21-12-16(14-5-1-3-7-19(14)26-21)22(28)27-20-8-4-2-6-18(20)25/h1-12H,(H,27,28). The fraction of sp³-hybridized carbons (Fsp3) is 0. The second-order valence-electron chi connectivity index (χ2n) is 6.13. The first kappa shape index (κ1) is 18.4. The molecule has 0 aliphatic carbocycles. The van der Waals surface area contributed by atoms with Crippen LogP contribution in [-0.2, 0) is 0 Å². The summed E-state index contributed by atoms with van der Waals surface area (Å²) in [7, 11) is 0. The normalized spacial score (nSPS) is 10.8. The van der Waals surface area contributed by atoms with Gasteiger partial charge >= 0.3 is 0 Å². The molecule has 3 nitrogen and oxygen atoms in total. The Labute approximate surface area is 170 Å². The SMILES string of the molecule is O=C(Nc1ccccc1F)c1cc(-c2ccc(Cl)cc2Cl)nc2ccccc12. The van der Waals surface area contributed by atoms with Crippen LogP contribution in [0.15, 0.2) is 72.8 Å². The molecule has 0 atom stereocenters. The van der Waals surface area contributed by atoms with Crippen LogP contribution < -0.4 is 5.32 Å². The number of pyridine rings is 1. The average molecular weight is 411 g/mol. The molecule has 0 spiro atoms. The Morgan fingerprint density at radius 2 is 1.68 bits per heavy atom. The van der Waals surface area contributed by atoms with Gasteiger partial charge in [0.1, 0.15) is 5.82 Å². The van der Waals surface area contributed by atoms with Crippen molar-refractivity contribution in [3.8, 4) is 11.3 Å². The zero-order valence-corrected chi connectivity index (χ0v) is 15.9. The van der Waals surface area contributed by atoms with Gasteiger partial charge in [0.25, 0.3) is 5.91 Å². The molecule has 1 aromatic heterocycles. The Balaban J connectivity index is 1.85. The smallest absolute Gasteiger partial charge is 0.256 e. The third-order valence-electron chi connectivity index (χ3n) is 4.29. The van der Waals surface area contributed by atoms with Gasteiger partial charge in [-0.3, -0.25) is 4.79 Å². The van der Waals surface area contributed by atoms with Gasteiger partial charge in [0.2, 0.25) is 0 Å². The molecule has 0 saturated heterocycles. The Morgan fingerprint density at radius 3 is 2.46 bits per heavy atom. The van der Waals surface area contributed by atoms with Crippen LogP contribution in [0.5, 0.6) is 0 Å². The summed E-state index contributed by atoms with van der Waals surface area (Å²) in [5.74, 6) is -0.940. The van der Waals surface area contributed by atoms with E-state index in [2.05, 4.69) is 10.3 Å². The van der Waals surface area contributed by atoms with E-state index in [0.29, 0.717) is 37.8 Å². The Kier molecular flexibility index (Phi) is 4.99. The van der Waals surface area contributed by atoms with E-state index in [1.54, 1.807) is 42.5 Å². The molecule has 0 radical (unpaired) electrons. The van der Waals surface area contributed by atoms with Crippen molar-refractivity contribution in [2.24, 2.45) is 0 Å². The Morgan fingerprint density at radius 1 is 0.929 bits per heavy atom. The van der Waals surface area contributed by atoms with E-state index in [4.69, 9.17) is 23.2 Å². The van der Waals surface area contributed by atoms with Crippen LogP contribution in [0.4, 0.5) is 10.1 Å². The number of halogens is 3. The number of anilines is 1. The van der Waals surface area contributed by atoms with Crippen LogP contribution in [0.3, 0.4) is 0 Å². The Bertz CT molecular complexity index is 1210. The van der Waals surface area contributed by atoms with E-state index in [1.807, 2.05) is 18.2 Å². The lowest BCUT2D eigenvalue weighted by Crippen LogP contribution is -2.14. The molecule has 4 rings (SSSR count). The van der Waals surface area contributed by atoms with Gasteiger partial charge in [-0.2, -0.15) is 0 Å². The van der Waals surface area contributed by atoms with Gasteiger partial charge in [-0.05, 0) is 42.5 Å². The molecule has 1 amide bonds. The summed E-state index contributed by atoms with van der Waals surface area (Å²) in [6, 6.07) is 20.0. The van der Waals surface area contributed by atoms with Crippen LogP contribution in [0, 0.1) is 5.82 Å². The maximum absolute atomic E-state index is 14.0. The second-order valence-corrected chi connectivity index (χ2v) is 6.97. The summed E-state index contributed by atoms with van der Waals surface area (Å²) in [6.45, 7) is 0. The molecule has 3 aromatic carbocycles. The third-order valence-corrected chi connectivity index (χ3v) is 4.84. The lowest BCUT2D eigenvalue weighted by Gasteiger charge is -2.12. The highest BCUT2D eigenvalue weighted by atomic mass is 35.5. The molecule has 4 aromatic rings. The van der Waals surface area contributed by atoms with Crippen molar-refractivity contribution >= 4 is 45.7 Å². The molecule has 0 fully saturated rings. The summed E-state index contributed by atoms with van der Waals surface area (Å²) in [6.07, 6.45) is 0. The Hall–Kier alpha value is -2.95. The molecule has 0 aliphatic rings. The van der Waals surface area contributed by atoms with Gasteiger partial charge < -0.3 is 5.32 Å². The summed E-state index contributed by atoms with van der Waals surface area (Å²) in [4.78, 5) is 17.6. The fourth-order valence-corrected chi connectivity index (χ4v) is 3.46. The van der Waals surface area contributed by atoms with Gasteiger partial charge in [-0.25, -0.2) is 9.37 Å². The zero-order chi connectivity index (χ0) is 19.7. The molecule has 138 valence electrons. The highest BCUT2D eigenvalue weighted by Crippen LogP contribution is 2.32. The number of hydrogen-bond acceptors (Lipinski definition) is 2. The van der Waals surface area contributed by atoms with Crippen molar-refractivity contribution in [1.82, 2.24) is 4.98 Å². The van der Waals surface area contributed by atoms with E-state index >= 15 is 0 Å². The van der Waals surface area contributed by atoms with Gasteiger partial charge in [-0.1, -0.05) is 53.5 Å². The predicted molar refractivity (Wildman–Crippen MR) is 112 cm³/mol. The molecule has 1 heterocycles. The lowest BCUT2D eigenvalue weighted by atomic mass is 10.0. The highest BCUT2D eigenvalue weighted by molar-refractivity contribution is 6.36. The lowest BCUT2D eigenvalue weighted by molar-refractivity contribution is 0.102. The molecule has 1 N–H and O–H groups in total. The number of rotatable bonds is 3. The summed E-state index contributed by atoms with van der Waals surface area (Å²) < 4.78 is 14.0. The van der Waals surface area contributed by atoms with Gasteiger partial charge in [0, 0.05) is 16.0 Å². The number of carbonyl (C=O) groups excluding carboxylic acids is 1. The molecular formula is C22H13Cl2FN2O. The van der Waals surface area contributed by atoms with Crippen molar-refractivity contribution in [3.63, 3.8) is 0 Å². The van der Waals surface area contributed by atoms with E-state index < -0.39 is 11.7 Å². The largest absolute Gasteiger partial charge is 0.319 e. The van der Waals surface area contributed by atoms with Gasteiger partial charge in [-0.15, -0.1) is 0 Å². The molecule has 0 saturated carbocycles. The number of nitrogens with one attached hydrogen (secondary N) is 1. The molecule has 0 aliphatic heterocycles. The quantitative estimate of drug-likeness (QED) is 0.413. The number of carbonyl (C=O) groups is 1. The number of fused-ring (bicyclic) bond motifs is 1. The molecule has 0 bridgehead atoms. The van der Waals surface area contributed by atoms with Crippen molar-refractivity contribution in [2.45, 2.75) is 0 Å².